The first-order chi connectivity index (χ1) is 23.3. The first kappa shape index (κ1) is 45.0. The standard InChI is InChI=1S/C28H44SSi.C19H24S.CH4/c1-18(2)27-16-25(13-12-22(27)9)17-28-23(10)14-26(15-24(28)11)29-30(19(3)4,20(5)6)21(7)8;1-12(2)18-10-16(7-6-13(18)3)11-19-14(4)8-17(20)9-15(19)5;/h12-16,18-21H,17H2,1-11H3;6-10,12,20H,11H2,1-5H3;1H4. The molecule has 0 aliphatic carbocycles. The van der Waals surface area contributed by atoms with Crippen LogP contribution in [0.1, 0.15) is 155 Å². The van der Waals surface area contributed by atoms with E-state index in [9.17, 15) is 0 Å². The predicted molar refractivity (Wildman–Crippen MR) is 239 cm³/mol. The molecule has 0 saturated heterocycles. The molecule has 0 amide bonds. The van der Waals surface area contributed by atoms with Gasteiger partial charge in [0, 0.05) is 9.79 Å². The summed E-state index contributed by atoms with van der Waals surface area (Å²) in [5.41, 5.74) is 19.4. The van der Waals surface area contributed by atoms with Gasteiger partial charge in [0.25, 0.3) is 0 Å². The molecule has 0 atom stereocenters. The van der Waals surface area contributed by atoms with Gasteiger partial charge in [-0.2, -0.15) is 11.2 Å². The largest absolute Gasteiger partial charge is 0.150 e. The Hall–Kier alpha value is -2.20. The zero-order valence-corrected chi connectivity index (χ0v) is 37.1. The predicted octanol–water partition coefficient (Wildman–Crippen LogP) is 15.8. The van der Waals surface area contributed by atoms with Crippen LogP contribution in [0.3, 0.4) is 0 Å². The van der Waals surface area contributed by atoms with E-state index < -0.39 is 7.22 Å². The normalized spacial score (nSPS) is 11.8. The number of thiol groups is 1. The molecule has 0 unspecified atom stereocenters. The molecule has 0 aliphatic rings. The van der Waals surface area contributed by atoms with Gasteiger partial charge in [-0.1, -0.05) is 113 Å². The number of aryl methyl sites for hydroxylation is 6. The summed E-state index contributed by atoms with van der Waals surface area (Å²) in [7, 11) is -1.52. The zero-order chi connectivity index (χ0) is 37.7. The molecule has 0 N–H and O–H groups in total. The van der Waals surface area contributed by atoms with Gasteiger partial charge in [0.1, 0.15) is 7.22 Å². The van der Waals surface area contributed by atoms with Crippen molar-refractivity contribution < 1.29 is 0 Å². The van der Waals surface area contributed by atoms with Crippen molar-refractivity contribution in [2.24, 2.45) is 0 Å². The first-order valence-corrected chi connectivity index (χ1v) is 23.3. The Kier molecular flexibility index (Phi) is 16.9. The first-order valence-electron chi connectivity index (χ1n) is 19.0. The van der Waals surface area contributed by atoms with Crippen LogP contribution < -0.4 is 0 Å². The van der Waals surface area contributed by atoms with Gasteiger partial charge in [0.2, 0.25) is 0 Å². The Balaban J connectivity index is 0.000000373. The Bertz CT molecular complexity index is 1670. The van der Waals surface area contributed by atoms with E-state index in [4.69, 9.17) is 0 Å². The third-order valence-electron chi connectivity index (χ3n) is 11.0. The van der Waals surface area contributed by atoms with E-state index in [0.717, 1.165) is 34.4 Å². The average molecular weight is 741 g/mol. The second-order valence-corrected chi connectivity index (χ2v) is 25.7. The molecule has 0 fully saturated rings. The lowest BCUT2D eigenvalue weighted by Crippen LogP contribution is -2.41. The van der Waals surface area contributed by atoms with Crippen LogP contribution in [0.2, 0.25) is 16.6 Å². The average Bonchev–Trinajstić information content (AvgIpc) is 3.00. The minimum Gasteiger partial charge on any atom is -0.150 e. The maximum atomic E-state index is 4.45. The van der Waals surface area contributed by atoms with Crippen molar-refractivity contribution in [1.29, 1.82) is 0 Å². The topological polar surface area (TPSA) is 0 Å². The number of benzene rings is 4. The van der Waals surface area contributed by atoms with Crippen molar-refractivity contribution in [1.82, 2.24) is 0 Å². The molecule has 0 saturated carbocycles. The molecule has 0 aromatic heterocycles. The maximum Gasteiger partial charge on any atom is 0.131 e. The molecular formula is C48H72S2Si. The van der Waals surface area contributed by atoms with Gasteiger partial charge < -0.3 is 0 Å². The van der Waals surface area contributed by atoms with Crippen molar-refractivity contribution in [3.63, 3.8) is 0 Å². The highest BCUT2D eigenvalue weighted by Gasteiger charge is 2.44. The Morgan fingerprint density at radius 2 is 0.824 bits per heavy atom. The second kappa shape index (κ2) is 19.2. The summed E-state index contributed by atoms with van der Waals surface area (Å²) in [6.45, 7) is 37.3. The van der Waals surface area contributed by atoms with E-state index in [1.54, 1.807) is 0 Å². The van der Waals surface area contributed by atoms with Gasteiger partial charge >= 0.3 is 0 Å². The molecule has 4 rings (SSSR count). The van der Waals surface area contributed by atoms with E-state index in [-0.39, 0.29) is 7.43 Å². The summed E-state index contributed by atoms with van der Waals surface area (Å²) in [6, 6.07) is 23.2. The van der Waals surface area contributed by atoms with E-state index in [0.29, 0.717) is 11.8 Å². The SMILES string of the molecule is C.Cc1ccc(Cc2c(C)cc(S)cc2C)cc1C(C)C.Cc1ccc(Cc2c(C)cc(S[Si](C(C)C)(C(C)C)C(C)C)cc2C)cc1C(C)C. The highest BCUT2D eigenvalue weighted by Crippen LogP contribution is 2.52. The fourth-order valence-electron chi connectivity index (χ4n) is 8.35. The third kappa shape index (κ3) is 11.2. The van der Waals surface area contributed by atoms with Crippen molar-refractivity contribution in [3.8, 4) is 0 Å². The Morgan fingerprint density at radius 3 is 1.14 bits per heavy atom. The van der Waals surface area contributed by atoms with Crippen LogP contribution >= 0.6 is 23.8 Å². The van der Waals surface area contributed by atoms with Gasteiger partial charge in [-0.25, -0.2) is 0 Å². The summed E-state index contributed by atoms with van der Waals surface area (Å²) >= 11 is 6.70. The van der Waals surface area contributed by atoms with E-state index in [1.807, 2.05) is 0 Å². The minimum atomic E-state index is -1.52. The zero-order valence-electron chi connectivity index (χ0n) is 34.4. The molecule has 3 heteroatoms. The monoisotopic (exact) mass is 740 g/mol. The Morgan fingerprint density at radius 1 is 0.490 bits per heavy atom. The molecule has 0 bridgehead atoms. The van der Waals surface area contributed by atoms with Crippen LogP contribution in [0.25, 0.3) is 0 Å². The van der Waals surface area contributed by atoms with Crippen LogP contribution in [0.5, 0.6) is 0 Å². The quantitative estimate of drug-likeness (QED) is 0.118. The maximum absolute atomic E-state index is 4.45. The highest BCUT2D eigenvalue weighted by molar-refractivity contribution is 8.29. The number of rotatable bonds is 11. The molecule has 0 radical (unpaired) electrons. The van der Waals surface area contributed by atoms with Crippen LogP contribution in [0.15, 0.2) is 70.5 Å². The van der Waals surface area contributed by atoms with E-state index in [1.165, 1.54) is 71.7 Å². The van der Waals surface area contributed by atoms with Crippen LogP contribution in [0.4, 0.5) is 0 Å². The van der Waals surface area contributed by atoms with Crippen LogP contribution in [-0.4, -0.2) is 7.22 Å². The molecule has 280 valence electrons. The van der Waals surface area contributed by atoms with E-state index >= 15 is 0 Å². The van der Waals surface area contributed by atoms with Crippen molar-refractivity contribution >= 4 is 31.1 Å². The van der Waals surface area contributed by atoms with Crippen LogP contribution in [-0.2, 0) is 12.8 Å². The van der Waals surface area contributed by atoms with Crippen molar-refractivity contribution in [2.45, 2.75) is 169 Å². The number of hydrogen-bond acceptors (Lipinski definition) is 2. The summed E-state index contributed by atoms with van der Waals surface area (Å²) in [4.78, 5) is 2.54. The summed E-state index contributed by atoms with van der Waals surface area (Å²) in [6.07, 6.45) is 2.04. The van der Waals surface area contributed by atoms with Gasteiger partial charge in [-0.15, -0.1) is 12.6 Å². The molecule has 0 heterocycles. The summed E-state index contributed by atoms with van der Waals surface area (Å²) in [5, 5.41) is 0. The molecule has 4 aromatic rings. The lowest BCUT2D eigenvalue weighted by Gasteiger charge is -2.42. The Labute approximate surface area is 326 Å². The van der Waals surface area contributed by atoms with E-state index in [2.05, 4.69) is 195 Å². The van der Waals surface area contributed by atoms with Crippen LogP contribution in [0, 0.1) is 41.5 Å². The van der Waals surface area contributed by atoms with Crippen molar-refractivity contribution in [3.05, 3.63) is 127 Å². The number of hydrogen-bond donors (Lipinski definition) is 1. The van der Waals surface area contributed by atoms with Gasteiger partial charge in [-0.05, 0) is 174 Å². The van der Waals surface area contributed by atoms with Crippen molar-refractivity contribution in [2.75, 3.05) is 0 Å². The molecule has 0 nitrogen and oxygen atoms in total. The van der Waals surface area contributed by atoms with Gasteiger partial charge in [0.05, 0.1) is 0 Å². The highest BCUT2D eigenvalue weighted by atomic mass is 32.4. The smallest absolute Gasteiger partial charge is 0.131 e. The third-order valence-corrected chi connectivity index (χ3v) is 23.6. The molecule has 4 aromatic carbocycles. The van der Waals surface area contributed by atoms with Gasteiger partial charge in [0.15, 0.2) is 0 Å². The van der Waals surface area contributed by atoms with Gasteiger partial charge in [-0.3, -0.25) is 0 Å². The fourth-order valence-corrected chi connectivity index (χ4v) is 18.0. The lowest BCUT2D eigenvalue weighted by molar-refractivity contribution is 0.851. The molecular weight excluding hydrogens is 669 g/mol. The molecule has 0 aliphatic heterocycles. The summed E-state index contributed by atoms with van der Waals surface area (Å²) < 4.78 is 0. The molecule has 51 heavy (non-hydrogen) atoms. The molecule has 0 spiro atoms. The second-order valence-electron chi connectivity index (χ2n) is 16.6. The fraction of sp³-hybridized carbons (Fsp3) is 0.500. The lowest BCUT2D eigenvalue weighted by atomic mass is 9.91. The minimum absolute atomic E-state index is 0. The summed E-state index contributed by atoms with van der Waals surface area (Å²) in [5.74, 6) is 1.16.